The molecule has 0 aromatic rings. The molecular weight excluding hydrogens is 204 g/mol. The highest BCUT2D eigenvalue weighted by molar-refractivity contribution is 6.74. The van der Waals surface area contributed by atoms with Crippen molar-refractivity contribution in [1.29, 1.82) is 0 Å². The largest absolute Gasteiger partial charge is 0.411 e. The highest BCUT2D eigenvalue weighted by Crippen LogP contribution is 2.37. The van der Waals surface area contributed by atoms with Crippen molar-refractivity contribution in [2.75, 3.05) is 13.1 Å². The highest BCUT2D eigenvalue weighted by Gasteiger charge is 2.40. The van der Waals surface area contributed by atoms with Gasteiger partial charge >= 0.3 is 0 Å². The Balaban J connectivity index is 2.59. The molecule has 0 saturated carbocycles. The molecule has 0 aromatic carbocycles. The normalized spacial score (nSPS) is 29.2. The van der Waals surface area contributed by atoms with Crippen molar-refractivity contribution in [1.82, 2.24) is 5.32 Å². The first-order valence-corrected chi connectivity index (χ1v) is 8.79. The maximum atomic E-state index is 6.31. The van der Waals surface area contributed by atoms with Gasteiger partial charge in [0.15, 0.2) is 8.32 Å². The minimum absolute atomic E-state index is 0.208. The van der Waals surface area contributed by atoms with Crippen LogP contribution in [0.15, 0.2) is 0 Å². The van der Waals surface area contributed by atoms with Crippen LogP contribution in [0.2, 0.25) is 18.1 Å². The minimum atomic E-state index is -1.65. The van der Waals surface area contributed by atoms with Gasteiger partial charge in [-0.15, -0.1) is 0 Å². The molecule has 1 saturated heterocycles. The van der Waals surface area contributed by atoms with Crippen LogP contribution in [0.4, 0.5) is 0 Å². The molecule has 4 heteroatoms. The molecule has 2 atom stereocenters. The maximum absolute atomic E-state index is 6.31. The topological polar surface area (TPSA) is 47.3 Å². The van der Waals surface area contributed by atoms with E-state index in [0.29, 0.717) is 0 Å². The quantitative estimate of drug-likeness (QED) is 0.710. The van der Waals surface area contributed by atoms with Gasteiger partial charge in [0.25, 0.3) is 0 Å². The van der Waals surface area contributed by atoms with E-state index in [2.05, 4.69) is 39.2 Å². The lowest BCUT2D eigenvalue weighted by Gasteiger charge is -2.42. The first-order chi connectivity index (χ1) is 6.74. The first-order valence-electron chi connectivity index (χ1n) is 5.88. The van der Waals surface area contributed by atoms with E-state index < -0.39 is 8.32 Å². The number of hydrogen-bond acceptors (Lipinski definition) is 3. The van der Waals surface area contributed by atoms with Gasteiger partial charge in [0, 0.05) is 12.6 Å². The Bertz CT molecular complexity index is 213. The average Bonchev–Trinajstić information content (AvgIpc) is 2.06. The summed E-state index contributed by atoms with van der Waals surface area (Å²) in [6, 6.07) is 0.209. The molecule has 0 bridgehead atoms. The Morgan fingerprint density at radius 1 is 1.33 bits per heavy atom. The Kier molecular flexibility index (Phi) is 3.98. The second-order valence-electron chi connectivity index (χ2n) is 6.07. The zero-order valence-corrected chi connectivity index (χ0v) is 11.8. The van der Waals surface area contributed by atoms with Gasteiger partial charge in [0.1, 0.15) is 0 Å². The Morgan fingerprint density at radius 3 is 2.40 bits per heavy atom. The monoisotopic (exact) mass is 230 g/mol. The van der Waals surface area contributed by atoms with Crippen molar-refractivity contribution >= 4 is 8.32 Å². The summed E-state index contributed by atoms with van der Waals surface area (Å²) in [5.74, 6) is 0. The molecule has 0 spiro atoms. The van der Waals surface area contributed by atoms with Crippen LogP contribution in [0.25, 0.3) is 0 Å². The number of rotatable bonds is 2. The van der Waals surface area contributed by atoms with E-state index in [1.165, 1.54) is 0 Å². The number of nitrogens with one attached hydrogen (secondary N) is 1. The van der Waals surface area contributed by atoms with E-state index in [0.717, 1.165) is 19.5 Å². The first kappa shape index (κ1) is 13.2. The second kappa shape index (κ2) is 4.53. The van der Waals surface area contributed by atoms with Gasteiger partial charge in [-0.25, -0.2) is 0 Å². The predicted molar refractivity (Wildman–Crippen MR) is 67.5 cm³/mol. The average molecular weight is 230 g/mol. The van der Waals surface area contributed by atoms with Crippen LogP contribution in [-0.2, 0) is 4.43 Å². The number of piperidine rings is 1. The lowest BCUT2D eigenvalue weighted by molar-refractivity contribution is 0.128. The van der Waals surface area contributed by atoms with Crippen LogP contribution in [-0.4, -0.2) is 33.6 Å². The molecule has 0 amide bonds. The molecule has 1 rings (SSSR count). The van der Waals surface area contributed by atoms with E-state index >= 15 is 0 Å². The smallest absolute Gasteiger partial charge is 0.192 e. The van der Waals surface area contributed by atoms with Crippen molar-refractivity contribution < 1.29 is 4.43 Å². The fourth-order valence-corrected chi connectivity index (χ4v) is 2.90. The third-order valence-electron chi connectivity index (χ3n) is 3.73. The summed E-state index contributed by atoms with van der Waals surface area (Å²) in [5, 5.41) is 3.62. The summed E-state index contributed by atoms with van der Waals surface area (Å²) in [5.41, 5.74) is 6.09. The van der Waals surface area contributed by atoms with Crippen molar-refractivity contribution in [3.05, 3.63) is 0 Å². The van der Waals surface area contributed by atoms with Crippen molar-refractivity contribution in [3.63, 3.8) is 0 Å². The van der Waals surface area contributed by atoms with E-state index in [-0.39, 0.29) is 17.2 Å². The van der Waals surface area contributed by atoms with E-state index in [1.54, 1.807) is 0 Å². The van der Waals surface area contributed by atoms with Crippen LogP contribution >= 0.6 is 0 Å². The summed E-state index contributed by atoms with van der Waals surface area (Å²) < 4.78 is 6.31. The standard InChI is InChI=1S/C11H26N2OSi/c1-11(2,3)15(4,5)14-10-8-13-7-6-9(10)12/h9-10,13H,6-8,12H2,1-5H3/t9-,10-/m1/s1. The molecule has 1 fully saturated rings. The van der Waals surface area contributed by atoms with Gasteiger partial charge in [-0.2, -0.15) is 0 Å². The summed E-state index contributed by atoms with van der Waals surface area (Å²) >= 11 is 0. The SMILES string of the molecule is CC(C)(C)[Si](C)(C)O[C@@H]1CNCC[C@H]1N. The molecule has 0 aliphatic carbocycles. The zero-order valence-electron chi connectivity index (χ0n) is 10.8. The minimum Gasteiger partial charge on any atom is -0.411 e. The molecule has 1 aliphatic heterocycles. The van der Waals surface area contributed by atoms with Crippen molar-refractivity contribution in [3.8, 4) is 0 Å². The lowest BCUT2D eigenvalue weighted by Crippen LogP contribution is -2.55. The third kappa shape index (κ3) is 3.28. The molecule has 0 unspecified atom stereocenters. The molecular formula is C11H26N2OSi. The van der Waals surface area contributed by atoms with Gasteiger partial charge in [0.2, 0.25) is 0 Å². The van der Waals surface area contributed by atoms with Crippen LogP contribution in [0.3, 0.4) is 0 Å². The molecule has 15 heavy (non-hydrogen) atoms. The lowest BCUT2D eigenvalue weighted by atomic mass is 10.1. The van der Waals surface area contributed by atoms with Crippen LogP contribution in [0.1, 0.15) is 27.2 Å². The molecule has 0 radical (unpaired) electrons. The molecule has 3 N–H and O–H groups in total. The maximum Gasteiger partial charge on any atom is 0.192 e. The fourth-order valence-electron chi connectivity index (χ4n) is 1.53. The Hall–Kier alpha value is 0.0969. The fraction of sp³-hybridized carbons (Fsp3) is 1.00. The third-order valence-corrected chi connectivity index (χ3v) is 8.23. The van der Waals surface area contributed by atoms with Crippen LogP contribution in [0.5, 0.6) is 0 Å². The van der Waals surface area contributed by atoms with Gasteiger partial charge in [-0.05, 0) is 31.1 Å². The summed E-state index contributed by atoms with van der Waals surface area (Å²) in [7, 11) is -1.65. The van der Waals surface area contributed by atoms with E-state index in [9.17, 15) is 0 Å². The van der Waals surface area contributed by atoms with Crippen LogP contribution in [0, 0.1) is 0 Å². The van der Waals surface area contributed by atoms with Gasteiger partial charge in [-0.3, -0.25) is 0 Å². The molecule has 1 heterocycles. The molecule has 1 aliphatic rings. The van der Waals surface area contributed by atoms with E-state index in [4.69, 9.17) is 10.2 Å². The summed E-state index contributed by atoms with van der Waals surface area (Å²) in [6.45, 7) is 13.3. The number of nitrogens with two attached hydrogens (primary N) is 1. The second-order valence-corrected chi connectivity index (χ2v) is 10.8. The van der Waals surface area contributed by atoms with Gasteiger partial charge in [-0.1, -0.05) is 20.8 Å². The molecule has 90 valence electrons. The van der Waals surface area contributed by atoms with E-state index in [1.807, 2.05) is 0 Å². The Labute approximate surface area is 94.9 Å². The van der Waals surface area contributed by atoms with Crippen molar-refractivity contribution in [2.45, 2.75) is 57.5 Å². The van der Waals surface area contributed by atoms with Crippen LogP contribution < -0.4 is 11.1 Å². The number of hydrogen-bond donors (Lipinski definition) is 2. The molecule has 0 aromatic heterocycles. The molecule has 3 nitrogen and oxygen atoms in total. The van der Waals surface area contributed by atoms with Crippen molar-refractivity contribution in [2.24, 2.45) is 5.73 Å². The highest BCUT2D eigenvalue weighted by atomic mass is 28.4. The zero-order chi connectivity index (χ0) is 11.7. The van der Waals surface area contributed by atoms with Gasteiger partial charge < -0.3 is 15.5 Å². The Morgan fingerprint density at radius 2 is 1.93 bits per heavy atom. The van der Waals surface area contributed by atoms with Gasteiger partial charge in [0.05, 0.1) is 6.10 Å². The predicted octanol–water partition coefficient (Wildman–Crippen LogP) is 1.70. The summed E-state index contributed by atoms with van der Waals surface area (Å²) in [4.78, 5) is 0. The summed E-state index contributed by atoms with van der Waals surface area (Å²) in [6.07, 6.45) is 1.24.